The molecule has 4 rings (SSSR count). The molecule has 1 N–H and O–H groups in total. The number of fused-ring (bicyclic) bond motifs is 1. The number of aliphatic imine (C=N–C) groups is 1. The average Bonchev–Trinajstić information content (AvgIpc) is 3.21. The summed E-state index contributed by atoms with van der Waals surface area (Å²) in [6.07, 6.45) is 0. The van der Waals surface area contributed by atoms with E-state index in [2.05, 4.69) is 31.3 Å². The second kappa shape index (κ2) is 8.67. The standard InChI is InChI=1S/C23H27N3O3S2/c1-15(2)17-6-10-19(11-7-17)26(12-22(27)24-18-8-4-16(3)5-9-18)23-25-20-13-31(28,29)14-21(20)30-23/h4-11,15,20-21H,12-14H2,1-3H3,(H,24,27). The Morgan fingerprint density at radius 2 is 1.81 bits per heavy atom. The second-order valence-electron chi connectivity index (χ2n) is 8.46. The lowest BCUT2D eigenvalue weighted by Gasteiger charge is -2.24. The van der Waals surface area contributed by atoms with E-state index in [1.807, 2.05) is 48.2 Å². The van der Waals surface area contributed by atoms with E-state index in [9.17, 15) is 13.2 Å². The molecule has 0 saturated carbocycles. The van der Waals surface area contributed by atoms with Gasteiger partial charge in [-0.2, -0.15) is 0 Å². The average molecular weight is 458 g/mol. The number of hydrogen-bond acceptors (Lipinski definition) is 6. The van der Waals surface area contributed by atoms with E-state index in [0.717, 1.165) is 16.9 Å². The molecule has 2 heterocycles. The van der Waals surface area contributed by atoms with Gasteiger partial charge in [-0.05, 0) is 42.7 Å². The van der Waals surface area contributed by atoms with Gasteiger partial charge in [0.05, 0.1) is 17.5 Å². The first-order valence-electron chi connectivity index (χ1n) is 10.4. The van der Waals surface area contributed by atoms with Crippen LogP contribution in [0.3, 0.4) is 0 Å². The molecule has 2 atom stereocenters. The minimum absolute atomic E-state index is 0.0717. The molecular weight excluding hydrogens is 430 g/mol. The Morgan fingerprint density at radius 3 is 2.42 bits per heavy atom. The van der Waals surface area contributed by atoms with E-state index in [4.69, 9.17) is 4.99 Å². The Balaban J connectivity index is 1.57. The predicted molar refractivity (Wildman–Crippen MR) is 129 cm³/mol. The molecule has 0 bridgehead atoms. The minimum Gasteiger partial charge on any atom is -0.325 e. The van der Waals surface area contributed by atoms with Crippen molar-refractivity contribution in [2.45, 2.75) is 38.0 Å². The van der Waals surface area contributed by atoms with Gasteiger partial charge in [0.15, 0.2) is 15.0 Å². The number of carbonyl (C=O) groups excluding carboxylic acids is 1. The van der Waals surface area contributed by atoms with Crippen molar-refractivity contribution in [3.05, 3.63) is 59.7 Å². The molecular formula is C23H27N3O3S2. The molecule has 6 nitrogen and oxygen atoms in total. The third-order valence-corrected chi connectivity index (χ3v) is 8.79. The van der Waals surface area contributed by atoms with Gasteiger partial charge in [0.2, 0.25) is 5.91 Å². The molecule has 31 heavy (non-hydrogen) atoms. The maximum absolute atomic E-state index is 12.8. The Kier molecular flexibility index (Phi) is 6.12. The molecule has 2 aromatic carbocycles. The molecule has 2 aliphatic rings. The molecule has 1 saturated heterocycles. The summed E-state index contributed by atoms with van der Waals surface area (Å²) >= 11 is 1.46. The van der Waals surface area contributed by atoms with Gasteiger partial charge >= 0.3 is 0 Å². The number of sulfone groups is 1. The van der Waals surface area contributed by atoms with Crippen molar-refractivity contribution in [2.75, 3.05) is 28.3 Å². The number of rotatable bonds is 5. The summed E-state index contributed by atoms with van der Waals surface area (Å²) in [4.78, 5) is 19.4. The van der Waals surface area contributed by atoms with Gasteiger partial charge in [-0.15, -0.1) is 0 Å². The van der Waals surface area contributed by atoms with Crippen molar-refractivity contribution in [3.8, 4) is 0 Å². The highest BCUT2D eigenvalue weighted by molar-refractivity contribution is 8.15. The highest BCUT2D eigenvalue weighted by atomic mass is 32.2. The molecule has 1 fully saturated rings. The van der Waals surface area contributed by atoms with Crippen LogP contribution in [0.2, 0.25) is 0 Å². The van der Waals surface area contributed by atoms with Crippen LogP contribution in [-0.4, -0.2) is 48.8 Å². The van der Waals surface area contributed by atoms with Crippen LogP contribution in [0.1, 0.15) is 30.9 Å². The smallest absolute Gasteiger partial charge is 0.244 e. The Hall–Kier alpha value is -2.32. The van der Waals surface area contributed by atoms with Crippen molar-refractivity contribution in [1.29, 1.82) is 0 Å². The van der Waals surface area contributed by atoms with Crippen LogP contribution in [0.25, 0.3) is 0 Å². The monoisotopic (exact) mass is 457 g/mol. The minimum atomic E-state index is -3.03. The first kappa shape index (κ1) is 21.9. The molecule has 0 aromatic heterocycles. The number of amidine groups is 1. The number of nitrogens with one attached hydrogen (secondary N) is 1. The molecule has 2 unspecified atom stereocenters. The zero-order valence-corrected chi connectivity index (χ0v) is 19.5. The van der Waals surface area contributed by atoms with E-state index in [0.29, 0.717) is 11.1 Å². The fraction of sp³-hybridized carbons (Fsp3) is 0.391. The Bertz CT molecular complexity index is 1090. The fourth-order valence-electron chi connectivity index (χ4n) is 3.76. The van der Waals surface area contributed by atoms with Crippen molar-refractivity contribution in [3.63, 3.8) is 0 Å². The number of hydrogen-bond donors (Lipinski definition) is 1. The largest absolute Gasteiger partial charge is 0.325 e. The van der Waals surface area contributed by atoms with Crippen molar-refractivity contribution in [2.24, 2.45) is 4.99 Å². The number of benzene rings is 2. The maximum atomic E-state index is 12.8. The zero-order valence-electron chi connectivity index (χ0n) is 17.9. The lowest BCUT2D eigenvalue weighted by atomic mass is 10.0. The fourth-order valence-corrected chi connectivity index (χ4v) is 7.54. The highest BCUT2D eigenvalue weighted by Gasteiger charge is 2.44. The Labute approximate surface area is 188 Å². The number of anilines is 2. The summed E-state index contributed by atoms with van der Waals surface area (Å²) in [6.45, 7) is 6.38. The van der Waals surface area contributed by atoms with Crippen molar-refractivity contribution < 1.29 is 13.2 Å². The topological polar surface area (TPSA) is 78.8 Å². The molecule has 0 aliphatic carbocycles. The normalized spacial score (nSPS) is 21.6. The number of carbonyl (C=O) groups is 1. The quantitative estimate of drug-likeness (QED) is 0.738. The second-order valence-corrected chi connectivity index (χ2v) is 11.8. The third-order valence-electron chi connectivity index (χ3n) is 5.54. The van der Waals surface area contributed by atoms with E-state index < -0.39 is 9.84 Å². The number of amides is 1. The van der Waals surface area contributed by atoms with Crippen LogP contribution in [0.5, 0.6) is 0 Å². The van der Waals surface area contributed by atoms with Gasteiger partial charge in [0, 0.05) is 16.6 Å². The summed E-state index contributed by atoms with van der Waals surface area (Å²) in [6, 6.07) is 15.6. The molecule has 2 aliphatic heterocycles. The van der Waals surface area contributed by atoms with Gasteiger partial charge in [-0.1, -0.05) is 55.4 Å². The molecule has 2 aromatic rings. The molecule has 0 spiro atoms. The van der Waals surface area contributed by atoms with E-state index in [1.54, 1.807) is 0 Å². The van der Waals surface area contributed by atoms with Gasteiger partial charge in [0.25, 0.3) is 0 Å². The summed E-state index contributed by atoms with van der Waals surface area (Å²) in [5.74, 6) is 0.495. The first-order chi connectivity index (χ1) is 14.7. The zero-order chi connectivity index (χ0) is 22.2. The summed E-state index contributed by atoms with van der Waals surface area (Å²) in [5.41, 5.74) is 3.96. The van der Waals surface area contributed by atoms with Gasteiger partial charge in [0.1, 0.15) is 6.54 Å². The van der Waals surface area contributed by atoms with Crippen LogP contribution in [-0.2, 0) is 14.6 Å². The summed E-state index contributed by atoms with van der Waals surface area (Å²) in [5, 5.41) is 3.58. The summed E-state index contributed by atoms with van der Waals surface area (Å²) in [7, 11) is -3.03. The lowest BCUT2D eigenvalue weighted by Crippen LogP contribution is -2.36. The third kappa shape index (κ3) is 5.13. The number of thioether (sulfide) groups is 1. The molecule has 8 heteroatoms. The molecule has 1 amide bonds. The van der Waals surface area contributed by atoms with Crippen LogP contribution < -0.4 is 10.2 Å². The van der Waals surface area contributed by atoms with Crippen LogP contribution in [0.15, 0.2) is 53.5 Å². The van der Waals surface area contributed by atoms with Gasteiger partial charge in [-0.3, -0.25) is 9.79 Å². The van der Waals surface area contributed by atoms with Crippen molar-refractivity contribution in [1.82, 2.24) is 0 Å². The van der Waals surface area contributed by atoms with E-state index in [-0.39, 0.29) is 35.2 Å². The maximum Gasteiger partial charge on any atom is 0.244 e. The van der Waals surface area contributed by atoms with Gasteiger partial charge in [-0.25, -0.2) is 8.42 Å². The van der Waals surface area contributed by atoms with Crippen molar-refractivity contribution >= 4 is 44.0 Å². The summed E-state index contributed by atoms with van der Waals surface area (Å²) < 4.78 is 23.9. The Morgan fingerprint density at radius 1 is 1.13 bits per heavy atom. The van der Waals surface area contributed by atoms with Gasteiger partial charge < -0.3 is 10.2 Å². The van der Waals surface area contributed by atoms with E-state index in [1.165, 1.54) is 17.3 Å². The molecule has 0 radical (unpaired) electrons. The van der Waals surface area contributed by atoms with Crippen LogP contribution in [0.4, 0.5) is 11.4 Å². The number of aryl methyl sites for hydroxylation is 1. The predicted octanol–water partition coefficient (Wildman–Crippen LogP) is 3.83. The highest BCUT2D eigenvalue weighted by Crippen LogP contribution is 2.37. The lowest BCUT2D eigenvalue weighted by molar-refractivity contribution is -0.114. The number of nitrogens with zero attached hydrogens (tertiary/aromatic N) is 2. The van der Waals surface area contributed by atoms with Crippen LogP contribution >= 0.6 is 11.8 Å². The van der Waals surface area contributed by atoms with E-state index >= 15 is 0 Å². The first-order valence-corrected chi connectivity index (χ1v) is 13.1. The molecule has 164 valence electrons. The van der Waals surface area contributed by atoms with Crippen LogP contribution in [0, 0.1) is 6.92 Å². The SMILES string of the molecule is Cc1ccc(NC(=O)CN(C2=NC3CS(=O)(=O)CC3S2)c2ccc(C(C)C)cc2)cc1.